The van der Waals surface area contributed by atoms with Gasteiger partial charge in [-0.1, -0.05) is 15.9 Å². The second kappa shape index (κ2) is 3.06. The quantitative estimate of drug-likeness (QED) is 0.648. The molecule has 0 radical (unpaired) electrons. The molecule has 0 N–H and O–H groups in total. The third-order valence-electron chi connectivity index (χ3n) is 3.06. The maximum Gasteiger partial charge on any atom is 0.0533 e. The Bertz CT molecular complexity index is 136. The van der Waals surface area contributed by atoms with Gasteiger partial charge in [0.25, 0.3) is 0 Å². The van der Waals surface area contributed by atoms with Crippen LogP contribution in [-0.4, -0.2) is 18.5 Å². The summed E-state index contributed by atoms with van der Waals surface area (Å²) >= 11 is 3.63. The van der Waals surface area contributed by atoms with Gasteiger partial charge in [0.15, 0.2) is 0 Å². The lowest BCUT2D eigenvalue weighted by Gasteiger charge is -2.35. The second-order valence-corrected chi connectivity index (χ2v) is 4.49. The largest absolute Gasteiger partial charge is 0.381 e. The molecule has 1 aliphatic heterocycles. The van der Waals surface area contributed by atoms with Crippen molar-refractivity contribution >= 4 is 15.9 Å². The first kappa shape index (κ1) is 8.06. The molecule has 11 heavy (non-hydrogen) atoms. The Labute approximate surface area is 76.6 Å². The average Bonchev–Trinajstić information content (AvgIpc) is 2.88. The predicted molar refractivity (Wildman–Crippen MR) is 49.0 cm³/mol. The smallest absolute Gasteiger partial charge is 0.0533 e. The minimum Gasteiger partial charge on any atom is -0.381 e. The van der Waals surface area contributed by atoms with Gasteiger partial charge in [0.05, 0.1) is 6.61 Å². The van der Waals surface area contributed by atoms with Crippen LogP contribution in [0.3, 0.4) is 0 Å². The van der Waals surface area contributed by atoms with Crippen LogP contribution in [0.1, 0.15) is 25.7 Å². The van der Waals surface area contributed by atoms with Gasteiger partial charge in [-0.2, -0.15) is 0 Å². The highest BCUT2D eigenvalue weighted by Crippen LogP contribution is 2.50. The van der Waals surface area contributed by atoms with E-state index in [0.717, 1.165) is 24.5 Å². The van der Waals surface area contributed by atoms with E-state index < -0.39 is 0 Å². The van der Waals surface area contributed by atoms with Gasteiger partial charge in [-0.25, -0.2) is 0 Å². The summed E-state index contributed by atoms with van der Waals surface area (Å²) in [5.41, 5.74) is 0.526. The molecule has 1 unspecified atom stereocenters. The summed E-state index contributed by atoms with van der Waals surface area (Å²) in [4.78, 5) is 0. The van der Waals surface area contributed by atoms with Gasteiger partial charge in [-0.15, -0.1) is 0 Å². The van der Waals surface area contributed by atoms with Crippen LogP contribution in [0, 0.1) is 11.3 Å². The van der Waals surface area contributed by atoms with E-state index in [0.29, 0.717) is 5.41 Å². The van der Waals surface area contributed by atoms with Crippen molar-refractivity contribution < 1.29 is 4.74 Å². The standard InChI is InChI=1S/C9H15BrO/c10-6-9(8-2-3-8)4-1-5-11-7-9/h8H,1-7H2. The van der Waals surface area contributed by atoms with Gasteiger partial charge in [-0.05, 0) is 31.6 Å². The zero-order valence-corrected chi connectivity index (χ0v) is 8.40. The molecule has 0 aromatic carbocycles. The minimum atomic E-state index is 0.526. The summed E-state index contributed by atoms with van der Waals surface area (Å²) in [5, 5.41) is 1.14. The molecule has 0 bridgehead atoms. The minimum absolute atomic E-state index is 0.526. The lowest BCUT2D eigenvalue weighted by molar-refractivity contribution is -0.00612. The molecule has 64 valence electrons. The van der Waals surface area contributed by atoms with Crippen LogP contribution in [0.4, 0.5) is 0 Å². The first-order valence-electron chi connectivity index (χ1n) is 4.51. The monoisotopic (exact) mass is 218 g/mol. The number of ether oxygens (including phenoxy) is 1. The zero-order chi connectivity index (χ0) is 7.73. The number of halogens is 1. The Kier molecular flexibility index (Phi) is 2.24. The number of hydrogen-bond acceptors (Lipinski definition) is 1. The maximum absolute atomic E-state index is 5.55. The van der Waals surface area contributed by atoms with Crippen LogP contribution in [0.5, 0.6) is 0 Å². The summed E-state index contributed by atoms with van der Waals surface area (Å²) in [6, 6.07) is 0. The predicted octanol–water partition coefficient (Wildman–Crippen LogP) is 2.59. The highest BCUT2D eigenvalue weighted by Gasteiger charge is 2.45. The molecule has 1 saturated heterocycles. The van der Waals surface area contributed by atoms with Crippen LogP contribution in [0.2, 0.25) is 0 Å². The Morgan fingerprint density at radius 1 is 1.45 bits per heavy atom. The van der Waals surface area contributed by atoms with Crippen molar-refractivity contribution in [2.75, 3.05) is 18.5 Å². The van der Waals surface area contributed by atoms with E-state index in [1.165, 1.54) is 25.7 Å². The first-order chi connectivity index (χ1) is 5.37. The third-order valence-corrected chi connectivity index (χ3v) is 4.18. The molecule has 2 heteroatoms. The van der Waals surface area contributed by atoms with E-state index in [4.69, 9.17) is 4.74 Å². The third kappa shape index (κ3) is 1.48. The van der Waals surface area contributed by atoms with Gasteiger partial charge in [0, 0.05) is 17.4 Å². The molecule has 1 heterocycles. The van der Waals surface area contributed by atoms with Crippen molar-refractivity contribution in [2.24, 2.45) is 11.3 Å². The molecule has 0 amide bonds. The molecule has 2 rings (SSSR count). The number of alkyl halides is 1. The molecular formula is C9H15BrO. The summed E-state index contributed by atoms with van der Waals surface area (Å²) in [6.07, 6.45) is 5.52. The van der Waals surface area contributed by atoms with Gasteiger partial charge >= 0.3 is 0 Å². The Balaban J connectivity index is 2.01. The van der Waals surface area contributed by atoms with Gasteiger partial charge in [0.2, 0.25) is 0 Å². The SMILES string of the molecule is BrCC1(C2CC2)CCCOC1. The van der Waals surface area contributed by atoms with E-state index in [9.17, 15) is 0 Å². The fourth-order valence-corrected chi connectivity index (χ4v) is 3.01. The highest BCUT2D eigenvalue weighted by atomic mass is 79.9. The summed E-state index contributed by atoms with van der Waals surface area (Å²) in [5.74, 6) is 0.974. The maximum atomic E-state index is 5.55. The van der Waals surface area contributed by atoms with Gasteiger partial charge < -0.3 is 4.74 Å². The van der Waals surface area contributed by atoms with Gasteiger partial charge in [-0.3, -0.25) is 0 Å². The molecule has 1 aliphatic carbocycles. The number of hydrogen-bond donors (Lipinski definition) is 0. The van der Waals surface area contributed by atoms with Crippen LogP contribution in [0.15, 0.2) is 0 Å². The Hall–Kier alpha value is 0.440. The van der Waals surface area contributed by atoms with Crippen molar-refractivity contribution in [3.05, 3.63) is 0 Å². The average molecular weight is 219 g/mol. The molecule has 1 atom stereocenters. The van der Waals surface area contributed by atoms with Crippen molar-refractivity contribution in [1.29, 1.82) is 0 Å². The highest BCUT2D eigenvalue weighted by molar-refractivity contribution is 9.09. The Morgan fingerprint density at radius 2 is 2.27 bits per heavy atom. The van der Waals surface area contributed by atoms with Crippen molar-refractivity contribution in [3.8, 4) is 0 Å². The first-order valence-corrected chi connectivity index (χ1v) is 5.63. The van der Waals surface area contributed by atoms with E-state index in [2.05, 4.69) is 15.9 Å². The molecule has 0 aromatic rings. The summed E-state index contributed by atoms with van der Waals surface area (Å²) < 4.78 is 5.55. The number of rotatable bonds is 2. The van der Waals surface area contributed by atoms with Crippen LogP contribution >= 0.6 is 15.9 Å². The van der Waals surface area contributed by atoms with E-state index in [1.807, 2.05) is 0 Å². The van der Waals surface area contributed by atoms with E-state index in [1.54, 1.807) is 0 Å². The molecule has 0 aromatic heterocycles. The molecular weight excluding hydrogens is 204 g/mol. The normalized spacial score (nSPS) is 39.0. The van der Waals surface area contributed by atoms with Crippen molar-refractivity contribution in [3.63, 3.8) is 0 Å². The topological polar surface area (TPSA) is 9.23 Å². The summed E-state index contributed by atoms with van der Waals surface area (Å²) in [6.45, 7) is 1.99. The lowest BCUT2D eigenvalue weighted by Crippen LogP contribution is -2.35. The van der Waals surface area contributed by atoms with Crippen LogP contribution in [-0.2, 0) is 4.74 Å². The fourth-order valence-electron chi connectivity index (χ4n) is 2.11. The van der Waals surface area contributed by atoms with Crippen molar-refractivity contribution in [2.45, 2.75) is 25.7 Å². The zero-order valence-electron chi connectivity index (χ0n) is 6.81. The van der Waals surface area contributed by atoms with E-state index >= 15 is 0 Å². The lowest BCUT2D eigenvalue weighted by atomic mass is 9.80. The van der Waals surface area contributed by atoms with Gasteiger partial charge in [0.1, 0.15) is 0 Å². The summed E-state index contributed by atoms with van der Waals surface area (Å²) in [7, 11) is 0. The molecule has 2 fully saturated rings. The molecule has 0 spiro atoms. The van der Waals surface area contributed by atoms with E-state index in [-0.39, 0.29) is 0 Å². The van der Waals surface area contributed by atoms with Crippen molar-refractivity contribution in [1.82, 2.24) is 0 Å². The molecule has 2 aliphatic rings. The molecule has 1 saturated carbocycles. The van der Waals surface area contributed by atoms with Crippen LogP contribution < -0.4 is 0 Å². The second-order valence-electron chi connectivity index (χ2n) is 3.93. The Morgan fingerprint density at radius 3 is 2.73 bits per heavy atom. The molecule has 1 nitrogen and oxygen atoms in total. The fraction of sp³-hybridized carbons (Fsp3) is 1.00. The van der Waals surface area contributed by atoms with Crippen LogP contribution in [0.25, 0.3) is 0 Å².